The number of carbonyl (C=O) groups is 3. The van der Waals surface area contributed by atoms with Gasteiger partial charge in [0.05, 0.1) is 20.5 Å². The number of rotatable bonds is 6. The lowest BCUT2D eigenvalue weighted by Gasteiger charge is -2.13. The maximum Gasteiger partial charge on any atom is 0.416 e. The number of halogens is 5. The van der Waals surface area contributed by atoms with Crippen molar-refractivity contribution >= 4 is 63.8 Å². The van der Waals surface area contributed by atoms with E-state index in [4.69, 9.17) is 34.4 Å². The molecule has 1 saturated heterocycles. The van der Waals surface area contributed by atoms with E-state index in [1.165, 1.54) is 24.3 Å². The molecule has 34 heavy (non-hydrogen) atoms. The highest BCUT2D eigenvalue weighted by Crippen LogP contribution is 2.37. The van der Waals surface area contributed by atoms with E-state index in [1.54, 1.807) is 0 Å². The van der Waals surface area contributed by atoms with Crippen molar-refractivity contribution in [1.82, 2.24) is 4.90 Å². The van der Waals surface area contributed by atoms with Gasteiger partial charge in [0.15, 0.2) is 5.75 Å². The number of ether oxygens (including phenoxy) is 1. The van der Waals surface area contributed by atoms with Crippen LogP contribution in [-0.2, 0) is 15.8 Å². The fraction of sp³-hybridized carbons (Fsp3) is 0.136. The maximum atomic E-state index is 12.8. The van der Waals surface area contributed by atoms with E-state index in [0.717, 1.165) is 18.2 Å². The Morgan fingerprint density at radius 2 is 1.88 bits per heavy atom. The standard InChI is InChI=1S/C22H13Cl2F3N2O4S/c1-2-6-33-19-15(23)7-12(8-16(19)24)9-17-20(31)29(21(32)34-17)11-18(30)28-14-5-3-4-13(10-14)22(25,26)27/h1,3-5,7-10H,6,11H2,(H,28,30)/b17-9-. The van der Waals surface area contributed by atoms with Crippen molar-refractivity contribution in [1.29, 1.82) is 0 Å². The zero-order valence-corrected chi connectivity index (χ0v) is 19.2. The summed E-state index contributed by atoms with van der Waals surface area (Å²) < 4.78 is 43.8. The number of hydrogen-bond acceptors (Lipinski definition) is 5. The third kappa shape index (κ3) is 6.05. The lowest BCUT2D eigenvalue weighted by molar-refractivity contribution is -0.137. The van der Waals surface area contributed by atoms with E-state index in [0.29, 0.717) is 22.2 Å². The molecule has 1 aliphatic rings. The van der Waals surface area contributed by atoms with Crippen molar-refractivity contribution in [2.75, 3.05) is 18.5 Å². The molecule has 0 unspecified atom stereocenters. The number of hydrogen-bond donors (Lipinski definition) is 1. The van der Waals surface area contributed by atoms with Gasteiger partial charge >= 0.3 is 6.18 Å². The van der Waals surface area contributed by atoms with Crippen molar-refractivity contribution in [3.05, 3.63) is 62.5 Å². The number of nitrogens with zero attached hydrogens (tertiary/aromatic N) is 1. The summed E-state index contributed by atoms with van der Waals surface area (Å²) in [5.74, 6) is 0.840. The molecule has 1 fully saturated rings. The summed E-state index contributed by atoms with van der Waals surface area (Å²) in [6, 6.07) is 6.88. The summed E-state index contributed by atoms with van der Waals surface area (Å²) in [7, 11) is 0. The van der Waals surface area contributed by atoms with Crippen LogP contribution >= 0.6 is 35.0 Å². The van der Waals surface area contributed by atoms with Crippen molar-refractivity contribution in [3.8, 4) is 18.1 Å². The number of imide groups is 1. The molecule has 0 aromatic heterocycles. The van der Waals surface area contributed by atoms with Crippen LogP contribution in [0.2, 0.25) is 10.0 Å². The minimum atomic E-state index is -4.59. The molecule has 1 N–H and O–H groups in total. The topological polar surface area (TPSA) is 75.7 Å². The molecule has 3 amide bonds. The van der Waals surface area contributed by atoms with Crippen LogP contribution in [-0.4, -0.2) is 35.1 Å². The van der Waals surface area contributed by atoms with Gasteiger partial charge in [0.1, 0.15) is 13.2 Å². The quantitative estimate of drug-likeness (QED) is 0.384. The Morgan fingerprint density at radius 3 is 2.50 bits per heavy atom. The first-order valence-corrected chi connectivity index (χ1v) is 10.8. The van der Waals surface area contributed by atoms with Crippen molar-refractivity contribution < 1.29 is 32.3 Å². The van der Waals surface area contributed by atoms with E-state index in [9.17, 15) is 27.6 Å². The molecule has 0 atom stereocenters. The van der Waals surface area contributed by atoms with Gasteiger partial charge in [-0.05, 0) is 53.7 Å². The molecule has 1 aliphatic heterocycles. The molecule has 12 heteroatoms. The Bertz CT molecular complexity index is 1220. The molecular formula is C22H13Cl2F3N2O4S. The number of benzene rings is 2. The number of anilines is 1. The number of carbonyl (C=O) groups excluding carboxylic acids is 3. The highest BCUT2D eigenvalue weighted by molar-refractivity contribution is 8.18. The van der Waals surface area contributed by atoms with Gasteiger partial charge in [-0.3, -0.25) is 19.3 Å². The number of terminal acetylenes is 1. The van der Waals surface area contributed by atoms with Crippen LogP contribution in [0.15, 0.2) is 41.3 Å². The van der Waals surface area contributed by atoms with Gasteiger partial charge in [-0.1, -0.05) is 35.2 Å². The first-order chi connectivity index (χ1) is 16.0. The van der Waals surface area contributed by atoms with Gasteiger partial charge in [-0.15, -0.1) is 6.42 Å². The molecule has 176 valence electrons. The van der Waals surface area contributed by atoms with E-state index < -0.39 is 35.3 Å². The number of alkyl halides is 3. The van der Waals surface area contributed by atoms with E-state index in [1.807, 2.05) is 0 Å². The van der Waals surface area contributed by atoms with Crippen LogP contribution in [0.4, 0.5) is 23.7 Å². The number of nitrogens with one attached hydrogen (secondary N) is 1. The van der Waals surface area contributed by atoms with Crippen LogP contribution < -0.4 is 10.1 Å². The lowest BCUT2D eigenvalue weighted by Crippen LogP contribution is -2.36. The molecule has 6 nitrogen and oxygen atoms in total. The summed E-state index contributed by atoms with van der Waals surface area (Å²) in [5.41, 5.74) is -0.687. The van der Waals surface area contributed by atoms with Gasteiger partial charge in [-0.2, -0.15) is 13.2 Å². The monoisotopic (exact) mass is 528 g/mol. The Hall–Kier alpha value is -3.13. The van der Waals surface area contributed by atoms with Crippen molar-refractivity contribution in [2.45, 2.75) is 6.18 Å². The maximum absolute atomic E-state index is 12.8. The molecule has 2 aromatic rings. The molecule has 1 heterocycles. The first-order valence-electron chi connectivity index (χ1n) is 9.27. The van der Waals surface area contributed by atoms with Gasteiger partial charge in [0, 0.05) is 5.69 Å². The molecule has 0 radical (unpaired) electrons. The zero-order chi connectivity index (χ0) is 25.0. The highest BCUT2D eigenvalue weighted by atomic mass is 35.5. The average Bonchev–Trinajstić information content (AvgIpc) is 3.00. The van der Waals surface area contributed by atoms with Crippen molar-refractivity contribution in [3.63, 3.8) is 0 Å². The van der Waals surface area contributed by atoms with E-state index in [-0.39, 0.29) is 33.0 Å². The Balaban J connectivity index is 1.72. The molecule has 0 bridgehead atoms. The van der Waals surface area contributed by atoms with Crippen LogP contribution in [0.25, 0.3) is 6.08 Å². The second-order valence-corrected chi connectivity index (χ2v) is 8.51. The first kappa shape index (κ1) is 25.5. The molecule has 0 aliphatic carbocycles. The molecule has 0 saturated carbocycles. The third-order valence-corrected chi connectivity index (χ3v) is 5.74. The SMILES string of the molecule is C#CCOc1c(Cl)cc(/C=C2\SC(=O)N(CC(=O)Nc3cccc(C(F)(F)F)c3)C2=O)cc1Cl. The summed E-state index contributed by atoms with van der Waals surface area (Å²) in [4.78, 5) is 37.9. The Morgan fingerprint density at radius 1 is 1.21 bits per heavy atom. The lowest BCUT2D eigenvalue weighted by atomic mass is 10.2. The van der Waals surface area contributed by atoms with Crippen LogP contribution in [0, 0.1) is 12.3 Å². The second kappa shape index (κ2) is 10.4. The average molecular weight is 529 g/mol. The van der Waals surface area contributed by atoms with Crippen LogP contribution in [0.1, 0.15) is 11.1 Å². The van der Waals surface area contributed by atoms with Crippen LogP contribution in [0.3, 0.4) is 0 Å². The largest absolute Gasteiger partial charge is 0.478 e. The summed E-state index contributed by atoms with van der Waals surface area (Å²) in [6.45, 7) is -0.737. The van der Waals surface area contributed by atoms with Gasteiger partial charge < -0.3 is 10.1 Å². The Labute approximate surface area is 206 Å². The zero-order valence-electron chi connectivity index (χ0n) is 16.9. The predicted octanol–water partition coefficient (Wildman–Crippen LogP) is 5.70. The minimum absolute atomic E-state index is 0.00120. The number of thioether (sulfide) groups is 1. The second-order valence-electron chi connectivity index (χ2n) is 6.70. The summed E-state index contributed by atoms with van der Waals surface area (Å²) in [5, 5.41) is 1.79. The fourth-order valence-corrected chi connectivity index (χ4v) is 4.27. The Kier molecular flexibility index (Phi) is 7.82. The highest BCUT2D eigenvalue weighted by Gasteiger charge is 2.36. The number of amides is 3. The van der Waals surface area contributed by atoms with E-state index >= 15 is 0 Å². The van der Waals surface area contributed by atoms with Gasteiger partial charge in [0.25, 0.3) is 11.1 Å². The summed E-state index contributed by atoms with van der Waals surface area (Å²) >= 11 is 12.9. The van der Waals surface area contributed by atoms with Gasteiger partial charge in [-0.25, -0.2) is 0 Å². The van der Waals surface area contributed by atoms with E-state index in [2.05, 4.69) is 11.2 Å². The predicted molar refractivity (Wildman–Crippen MR) is 124 cm³/mol. The fourth-order valence-electron chi connectivity index (χ4n) is 2.82. The normalized spacial score (nSPS) is 14.9. The minimum Gasteiger partial charge on any atom is -0.478 e. The molecule has 3 rings (SSSR count). The summed E-state index contributed by atoms with van der Waals surface area (Å²) in [6.07, 6.45) is 1.91. The van der Waals surface area contributed by atoms with Gasteiger partial charge in [0.2, 0.25) is 5.91 Å². The molecule has 2 aromatic carbocycles. The van der Waals surface area contributed by atoms with Crippen molar-refractivity contribution in [2.24, 2.45) is 0 Å². The third-order valence-electron chi connectivity index (χ3n) is 4.27. The van der Waals surface area contributed by atoms with Crippen LogP contribution in [0.5, 0.6) is 5.75 Å². The molecule has 0 spiro atoms. The molecular weight excluding hydrogens is 516 g/mol. The smallest absolute Gasteiger partial charge is 0.416 e.